The van der Waals surface area contributed by atoms with Gasteiger partial charge in [-0.15, -0.1) is 0 Å². The molecule has 0 radical (unpaired) electrons. The number of hydrogen-bond acceptors (Lipinski definition) is 1. The number of aryl methyl sites for hydroxylation is 1. The third kappa shape index (κ3) is 3.84. The van der Waals surface area contributed by atoms with Crippen molar-refractivity contribution in [3.05, 3.63) is 64.4 Å². The van der Waals surface area contributed by atoms with E-state index in [-0.39, 0.29) is 5.82 Å². The normalized spacial score (nSPS) is 10.3. The van der Waals surface area contributed by atoms with Gasteiger partial charge in [-0.1, -0.05) is 30.3 Å². The minimum Gasteiger partial charge on any atom is -0.494 e. The Labute approximate surface area is 115 Å². The molecular formula is C15H14BrFO. The monoisotopic (exact) mass is 308 g/mol. The molecule has 94 valence electrons. The number of rotatable bonds is 5. The van der Waals surface area contributed by atoms with Crippen LogP contribution in [0.15, 0.2) is 53.0 Å². The Morgan fingerprint density at radius 2 is 1.83 bits per heavy atom. The second-order valence-electron chi connectivity index (χ2n) is 4.01. The number of ether oxygens (including phenoxy) is 1. The second-order valence-corrected chi connectivity index (χ2v) is 4.87. The first-order valence-electron chi connectivity index (χ1n) is 5.87. The SMILES string of the molecule is Fc1ccc(OCCCc2ccccc2)cc1Br. The molecule has 0 atom stereocenters. The van der Waals surface area contributed by atoms with E-state index in [0.29, 0.717) is 16.8 Å². The maximum Gasteiger partial charge on any atom is 0.137 e. The Morgan fingerprint density at radius 1 is 1.06 bits per heavy atom. The van der Waals surface area contributed by atoms with Crippen LogP contribution in [-0.4, -0.2) is 6.61 Å². The summed E-state index contributed by atoms with van der Waals surface area (Å²) in [5.74, 6) is 0.419. The quantitative estimate of drug-likeness (QED) is 0.734. The lowest BCUT2D eigenvalue weighted by atomic mass is 10.1. The first kappa shape index (κ1) is 13.1. The van der Waals surface area contributed by atoms with Crippen LogP contribution in [0.2, 0.25) is 0 Å². The lowest BCUT2D eigenvalue weighted by Gasteiger charge is -2.07. The molecule has 2 aromatic rings. The van der Waals surface area contributed by atoms with E-state index in [1.54, 1.807) is 12.1 Å². The van der Waals surface area contributed by atoms with Crippen molar-refractivity contribution < 1.29 is 9.13 Å². The van der Waals surface area contributed by atoms with E-state index in [9.17, 15) is 4.39 Å². The predicted octanol–water partition coefficient (Wildman–Crippen LogP) is 4.60. The Kier molecular flexibility index (Phi) is 4.76. The molecule has 1 nitrogen and oxygen atoms in total. The maximum absolute atomic E-state index is 13.0. The molecule has 0 aliphatic carbocycles. The predicted molar refractivity (Wildman–Crippen MR) is 74.4 cm³/mol. The lowest BCUT2D eigenvalue weighted by molar-refractivity contribution is 0.310. The fourth-order valence-corrected chi connectivity index (χ4v) is 2.04. The Morgan fingerprint density at radius 3 is 2.56 bits per heavy atom. The molecule has 0 spiro atoms. The summed E-state index contributed by atoms with van der Waals surface area (Å²) in [7, 11) is 0. The molecule has 0 N–H and O–H groups in total. The zero-order valence-electron chi connectivity index (χ0n) is 9.90. The van der Waals surface area contributed by atoms with Gasteiger partial charge < -0.3 is 4.74 Å². The van der Waals surface area contributed by atoms with Crippen LogP contribution < -0.4 is 4.74 Å². The topological polar surface area (TPSA) is 9.23 Å². The van der Waals surface area contributed by atoms with Gasteiger partial charge in [-0.05, 0) is 52.5 Å². The summed E-state index contributed by atoms with van der Waals surface area (Å²) in [6.45, 7) is 0.632. The van der Waals surface area contributed by atoms with Crippen molar-refractivity contribution in [2.45, 2.75) is 12.8 Å². The van der Waals surface area contributed by atoms with Crippen LogP contribution in [-0.2, 0) is 6.42 Å². The molecule has 18 heavy (non-hydrogen) atoms. The highest BCUT2D eigenvalue weighted by Gasteiger charge is 2.01. The Bertz CT molecular complexity index is 499. The van der Waals surface area contributed by atoms with Crippen molar-refractivity contribution in [1.29, 1.82) is 0 Å². The number of hydrogen-bond donors (Lipinski definition) is 0. The van der Waals surface area contributed by atoms with Crippen LogP contribution in [0.4, 0.5) is 4.39 Å². The summed E-state index contributed by atoms with van der Waals surface area (Å²) in [4.78, 5) is 0. The average molecular weight is 309 g/mol. The van der Waals surface area contributed by atoms with E-state index in [1.165, 1.54) is 11.6 Å². The highest BCUT2D eigenvalue weighted by molar-refractivity contribution is 9.10. The molecule has 0 bridgehead atoms. The second kappa shape index (κ2) is 6.55. The summed E-state index contributed by atoms with van der Waals surface area (Å²) in [5, 5.41) is 0. The molecule has 0 unspecified atom stereocenters. The van der Waals surface area contributed by atoms with Crippen LogP contribution in [0.25, 0.3) is 0 Å². The molecule has 0 aliphatic heterocycles. The zero-order chi connectivity index (χ0) is 12.8. The van der Waals surface area contributed by atoms with Gasteiger partial charge in [-0.25, -0.2) is 4.39 Å². The van der Waals surface area contributed by atoms with E-state index in [2.05, 4.69) is 28.1 Å². The van der Waals surface area contributed by atoms with E-state index in [1.807, 2.05) is 18.2 Å². The molecule has 0 saturated carbocycles. The molecule has 2 aromatic carbocycles. The lowest BCUT2D eigenvalue weighted by Crippen LogP contribution is -1.99. The van der Waals surface area contributed by atoms with Gasteiger partial charge in [-0.2, -0.15) is 0 Å². The smallest absolute Gasteiger partial charge is 0.137 e. The van der Waals surface area contributed by atoms with Crippen molar-refractivity contribution in [1.82, 2.24) is 0 Å². The zero-order valence-corrected chi connectivity index (χ0v) is 11.5. The van der Waals surface area contributed by atoms with Crippen molar-refractivity contribution in [3.8, 4) is 5.75 Å². The average Bonchev–Trinajstić information content (AvgIpc) is 2.40. The first-order valence-corrected chi connectivity index (χ1v) is 6.67. The van der Waals surface area contributed by atoms with E-state index < -0.39 is 0 Å². The fourth-order valence-electron chi connectivity index (χ4n) is 1.68. The van der Waals surface area contributed by atoms with Gasteiger partial charge in [0.2, 0.25) is 0 Å². The minimum absolute atomic E-state index is 0.272. The first-order chi connectivity index (χ1) is 8.75. The van der Waals surface area contributed by atoms with Crippen LogP contribution in [0.3, 0.4) is 0 Å². The summed E-state index contributed by atoms with van der Waals surface area (Å²) in [6.07, 6.45) is 1.93. The fraction of sp³-hybridized carbons (Fsp3) is 0.200. The minimum atomic E-state index is -0.272. The molecule has 0 fully saturated rings. The van der Waals surface area contributed by atoms with E-state index in [4.69, 9.17) is 4.74 Å². The van der Waals surface area contributed by atoms with Gasteiger partial charge in [0, 0.05) is 0 Å². The molecule has 0 saturated heterocycles. The summed E-state index contributed by atoms with van der Waals surface area (Å²) < 4.78 is 19.0. The van der Waals surface area contributed by atoms with Crippen LogP contribution in [0, 0.1) is 5.82 Å². The van der Waals surface area contributed by atoms with Crippen LogP contribution >= 0.6 is 15.9 Å². The molecule has 2 rings (SSSR count). The van der Waals surface area contributed by atoms with E-state index in [0.717, 1.165) is 12.8 Å². The largest absolute Gasteiger partial charge is 0.494 e. The number of halogens is 2. The van der Waals surface area contributed by atoms with Gasteiger partial charge in [0.05, 0.1) is 11.1 Å². The number of benzene rings is 2. The van der Waals surface area contributed by atoms with E-state index >= 15 is 0 Å². The highest BCUT2D eigenvalue weighted by atomic mass is 79.9. The Balaban J connectivity index is 1.77. The molecule has 0 amide bonds. The molecular weight excluding hydrogens is 295 g/mol. The highest BCUT2D eigenvalue weighted by Crippen LogP contribution is 2.21. The third-order valence-electron chi connectivity index (χ3n) is 2.61. The van der Waals surface area contributed by atoms with Crippen molar-refractivity contribution >= 4 is 15.9 Å². The third-order valence-corrected chi connectivity index (χ3v) is 3.22. The maximum atomic E-state index is 13.0. The molecule has 0 aromatic heterocycles. The van der Waals surface area contributed by atoms with Crippen molar-refractivity contribution in [2.75, 3.05) is 6.61 Å². The van der Waals surface area contributed by atoms with Crippen molar-refractivity contribution in [2.24, 2.45) is 0 Å². The molecule has 0 aliphatic rings. The van der Waals surface area contributed by atoms with Crippen molar-refractivity contribution in [3.63, 3.8) is 0 Å². The van der Waals surface area contributed by atoms with Crippen LogP contribution in [0.5, 0.6) is 5.75 Å². The Hall–Kier alpha value is -1.35. The van der Waals surface area contributed by atoms with Gasteiger partial charge in [0.1, 0.15) is 11.6 Å². The van der Waals surface area contributed by atoms with Gasteiger partial charge in [-0.3, -0.25) is 0 Å². The molecule has 0 heterocycles. The van der Waals surface area contributed by atoms with Gasteiger partial charge in [0.15, 0.2) is 0 Å². The van der Waals surface area contributed by atoms with Gasteiger partial charge in [0.25, 0.3) is 0 Å². The molecule has 3 heteroatoms. The van der Waals surface area contributed by atoms with Gasteiger partial charge >= 0.3 is 0 Å². The summed E-state index contributed by atoms with van der Waals surface area (Å²) in [6, 6.07) is 15.0. The standard InChI is InChI=1S/C15H14BrFO/c16-14-11-13(8-9-15(14)17)18-10-4-7-12-5-2-1-3-6-12/h1-3,5-6,8-9,11H,4,7,10H2. The van der Waals surface area contributed by atoms with Crippen LogP contribution in [0.1, 0.15) is 12.0 Å². The summed E-state index contributed by atoms with van der Waals surface area (Å²) in [5.41, 5.74) is 1.31. The summed E-state index contributed by atoms with van der Waals surface area (Å²) >= 11 is 3.14.